The number of pyridine rings is 1. The molecule has 2 unspecified atom stereocenters. The lowest BCUT2D eigenvalue weighted by Crippen LogP contribution is -2.54. The highest BCUT2D eigenvalue weighted by Gasteiger charge is 2.32. The number of nitrogens with one attached hydrogen (secondary N) is 1. The van der Waals surface area contributed by atoms with Crippen molar-refractivity contribution in [3.05, 3.63) is 30.1 Å². The summed E-state index contributed by atoms with van der Waals surface area (Å²) in [7, 11) is 0. The average molecular weight is 369 g/mol. The van der Waals surface area contributed by atoms with Gasteiger partial charge in [0.1, 0.15) is 11.8 Å². The summed E-state index contributed by atoms with van der Waals surface area (Å²) in [5.74, 6) is -0.0726. The number of nitrogens with zero attached hydrogens (tertiary/aromatic N) is 4. The van der Waals surface area contributed by atoms with Gasteiger partial charge in [-0.05, 0) is 38.0 Å². The number of aromatic nitrogens is 2. The smallest absolute Gasteiger partial charge is 0.251 e. The van der Waals surface area contributed by atoms with Crippen molar-refractivity contribution in [3.63, 3.8) is 0 Å². The normalized spacial score (nSPS) is 23.9. The summed E-state index contributed by atoms with van der Waals surface area (Å²) in [6.07, 6.45) is 2.74. The van der Waals surface area contributed by atoms with Crippen molar-refractivity contribution in [2.75, 3.05) is 31.2 Å². The molecule has 4 heterocycles. The molecule has 142 valence electrons. The Balaban J connectivity index is 1.53. The van der Waals surface area contributed by atoms with E-state index in [0.29, 0.717) is 32.0 Å². The van der Waals surface area contributed by atoms with Crippen molar-refractivity contribution < 1.29 is 14.3 Å². The van der Waals surface area contributed by atoms with Gasteiger partial charge in [-0.1, -0.05) is 0 Å². The van der Waals surface area contributed by atoms with Crippen molar-refractivity contribution in [1.82, 2.24) is 14.9 Å². The second kappa shape index (κ2) is 7.55. The molecule has 2 aliphatic rings. The average Bonchev–Trinajstić information content (AvgIpc) is 3.17. The molecule has 2 aromatic rings. The molecule has 2 fully saturated rings. The molecule has 27 heavy (non-hydrogen) atoms. The van der Waals surface area contributed by atoms with E-state index >= 15 is 0 Å². The zero-order valence-corrected chi connectivity index (χ0v) is 15.3. The molecule has 8 heteroatoms. The van der Waals surface area contributed by atoms with Gasteiger partial charge in [-0.2, -0.15) is 10.4 Å². The van der Waals surface area contributed by atoms with Crippen LogP contribution in [0.4, 0.5) is 5.69 Å². The molecule has 4 rings (SSSR count). The van der Waals surface area contributed by atoms with Crippen molar-refractivity contribution in [3.8, 4) is 6.07 Å². The lowest BCUT2D eigenvalue weighted by Gasteiger charge is -2.38. The Hall–Kier alpha value is -2.63. The number of hydrogen-bond donors (Lipinski definition) is 1. The Morgan fingerprint density at radius 1 is 1.30 bits per heavy atom. The molecular weight excluding hydrogens is 346 g/mol. The van der Waals surface area contributed by atoms with Crippen molar-refractivity contribution in [2.24, 2.45) is 0 Å². The molecule has 2 saturated heterocycles. The van der Waals surface area contributed by atoms with E-state index in [1.807, 2.05) is 19.1 Å². The van der Waals surface area contributed by atoms with Crippen LogP contribution >= 0.6 is 0 Å². The quantitative estimate of drug-likeness (QED) is 0.871. The lowest BCUT2D eigenvalue weighted by molar-refractivity contribution is -0.138. The molecule has 1 amide bonds. The van der Waals surface area contributed by atoms with Gasteiger partial charge in [0.2, 0.25) is 0 Å². The molecular formula is C19H23N5O3. The lowest BCUT2D eigenvalue weighted by atomic mass is 10.1. The third kappa shape index (κ3) is 3.61. The first-order chi connectivity index (χ1) is 13.2. The molecule has 0 saturated carbocycles. The number of hydrogen-bond acceptors (Lipinski definition) is 6. The van der Waals surface area contributed by atoms with Crippen LogP contribution in [0, 0.1) is 11.3 Å². The number of nitriles is 1. The number of anilines is 1. The first-order valence-electron chi connectivity index (χ1n) is 9.31. The number of fused-ring (bicyclic) bond motifs is 1. The first-order valence-corrected chi connectivity index (χ1v) is 9.31. The SMILES string of the molecule is CC1CN(c2ccc(C#N)n3nccc23)CC(C(=O)NC2CCOCC2)O1. The number of carbonyl (C=O) groups excluding carboxylic acids is 1. The summed E-state index contributed by atoms with van der Waals surface area (Å²) in [5, 5.41) is 16.6. The molecule has 2 aliphatic heterocycles. The number of amides is 1. The minimum atomic E-state index is -0.532. The van der Waals surface area contributed by atoms with E-state index in [9.17, 15) is 10.1 Å². The zero-order valence-electron chi connectivity index (χ0n) is 15.3. The maximum atomic E-state index is 12.7. The number of ether oxygens (including phenoxy) is 2. The Kier molecular flexibility index (Phi) is 4.97. The third-order valence-corrected chi connectivity index (χ3v) is 5.11. The van der Waals surface area contributed by atoms with Crippen LogP contribution in [0.3, 0.4) is 0 Å². The van der Waals surface area contributed by atoms with Crippen LogP contribution in [0.15, 0.2) is 24.4 Å². The fourth-order valence-electron chi connectivity index (χ4n) is 3.78. The van der Waals surface area contributed by atoms with Gasteiger partial charge in [0.25, 0.3) is 5.91 Å². The highest BCUT2D eigenvalue weighted by Crippen LogP contribution is 2.26. The molecule has 0 spiro atoms. The van der Waals surface area contributed by atoms with Crippen LogP contribution in [0.25, 0.3) is 5.52 Å². The molecule has 0 bridgehead atoms. The largest absolute Gasteiger partial charge is 0.381 e. The van der Waals surface area contributed by atoms with Gasteiger partial charge in [0.05, 0.1) is 30.0 Å². The highest BCUT2D eigenvalue weighted by atomic mass is 16.5. The van der Waals surface area contributed by atoms with E-state index in [1.54, 1.807) is 16.8 Å². The molecule has 0 aliphatic carbocycles. The van der Waals surface area contributed by atoms with Crippen LogP contribution in [0.2, 0.25) is 0 Å². The third-order valence-electron chi connectivity index (χ3n) is 5.11. The topological polar surface area (TPSA) is 91.9 Å². The molecule has 2 atom stereocenters. The summed E-state index contributed by atoms with van der Waals surface area (Å²) in [5.41, 5.74) is 2.28. The van der Waals surface area contributed by atoms with Gasteiger partial charge in [0, 0.05) is 25.8 Å². The maximum Gasteiger partial charge on any atom is 0.251 e. The van der Waals surface area contributed by atoms with E-state index < -0.39 is 6.10 Å². The van der Waals surface area contributed by atoms with Crippen molar-refractivity contribution in [1.29, 1.82) is 5.26 Å². The predicted molar refractivity (Wildman–Crippen MR) is 98.4 cm³/mol. The van der Waals surface area contributed by atoms with E-state index in [-0.39, 0.29) is 18.1 Å². The van der Waals surface area contributed by atoms with E-state index in [0.717, 1.165) is 24.0 Å². The summed E-state index contributed by atoms with van der Waals surface area (Å²) in [6, 6.07) is 7.86. The predicted octanol–water partition coefficient (Wildman–Crippen LogP) is 1.09. The minimum Gasteiger partial charge on any atom is -0.381 e. The highest BCUT2D eigenvalue weighted by molar-refractivity contribution is 5.83. The minimum absolute atomic E-state index is 0.0726. The van der Waals surface area contributed by atoms with Crippen LogP contribution < -0.4 is 10.2 Å². The van der Waals surface area contributed by atoms with Crippen molar-refractivity contribution in [2.45, 2.75) is 38.0 Å². The Morgan fingerprint density at radius 3 is 2.89 bits per heavy atom. The molecule has 2 aromatic heterocycles. The second-order valence-corrected chi connectivity index (χ2v) is 7.08. The monoisotopic (exact) mass is 369 g/mol. The van der Waals surface area contributed by atoms with Crippen LogP contribution in [-0.2, 0) is 14.3 Å². The second-order valence-electron chi connectivity index (χ2n) is 7.08. The van der Waals surface area contributed by atoms with Gasteiger partial charge in [-0.15, -0.1) is 0 Å². The molecule has 1 N–H and O–H groups in total. The van der Waals surface area contributed by atoms with Gasteiger partial charge >= 0.3 is 0 Å². The summed E-state index contributed by atoms with van der Waals surface area (Å²) in [6.45, 7) is 4.48. The first kappa shape index (κ1) is 17.8. The number of morpholine rings is 1. The van der Waals surface area contributed by atoms with Gasteiger partial charge in [-0.25, -0.2) is 4.52 Å². The standard InChI is InChI=1S/C19H23N5O3/c1-13-11-23(16-3-2-15(10-20)24-17(16)4-7-21-24)12-18(27-13)19(25)22-14-5-8-26-9-6-14/h2-4,7,13-14,18H,5-6,8-9,11-12H2,1H3,(H,22,25). The van der Waals surface area contributed by atoms with Crippen LogP contribution in [0.1, 0.15) is 25.5 Å². The molecule has 8 nitrogen and oxygen atoms in total. The van der Waals surface area contributed by atoms with Gasteiger partial charge in [0.15, 0.2) is 6.10 Å². The molecule has 0 radical (unpaired) electrons. The maximum absolute atomic E-state index is 12.7. The van der Waals surface area contributed by atoms with E-state index in [2.05, 4.69) is 21.4 Å². The Labute approximate surface area is 157 Å². The van der Waals surface area contributed by atoms with E-state index in [4.69, 9.17) is 9.47 Å². The van der Waals surface area contributed by atoms with E-state index in [1.165, 1.54) is 0 Å². The summed E-state index contributed by atoms with van der Waals surface area (Å²) >= 11 is 0. The Bertz CT molecular complexity index is 868. The zero-order chi connectivity index (χ0) is 18.8. The molecule has 0 aromatic carbocycles. The Morgan fingerprint density at radius 2 is 2.11 bits per heavy atom. The van der Waals surface area contributed by atoms with Crippen LogP contribution in [0.5, 0.6) is 0 Å². The number of carbonyl (C=O) groups is 1. The van der Waals surface area contributed by atoms with Crippen LogP contribution in [-0.4, -0.2) is 60.1 Å². The summed E-state index contributed by atoms with van der Waals surface area (Å²) in [4.78, 5) is 14.9. The fraction of sp³-hybridized carbons (Fsp3) is 0.526. The fourth-order valence-corrected chi connectivity index (χ4v) is 3.78. The summed E-state index contributed by atoms with van der Waals surface area (Å²) < 4.78 is 12.9. The van der Waals surface area contributed by atoms with Crippen molar-refractivity contribution >= 4 is 17.1 Å². The number of rotatable bonds is 3. The van der Waals surface area contributed by atoms with Gasteiger partial charge < -0.3 is 19.7 Å². The van der Waals surface area contributed by atoms with Gasteiger partial charge in [-0.3, -0.25) is 4.79 Å².